The van der Waals surface area contributed by atoms with E-state index in [0.29, 0.717) is 6.42 Å². The molecule has 0 radical (unpaired) electrons. The number of ketones is 1. The van der Waals surface area contributed by atoms with Crippen LogP contribution >= 0.6 is 11.3 Å². The van der Waals surface area contributed by atoms with Crippen molar-refractivity contribution >= 4 is 17.1 Å². The lowest BCUT2D eigenvalue weighted by molar-refractivity contribution is 0.0997. The van der Waals surface area contributed by atoms with Crippen LogP contribution < -0.4 is 4.74 Å². The molecule has 94 valence electrons. The van der Waals surface area contributed by atoms with Crippen molar-refractivity contribution in [1.82, 2.24) is 0 Å². The number of benzene rings is 1. The van der Waals surface area contributed by atoms with E-state index in [0.717, 1.165) is 16.2 Å². The highest BCUT2D eigenvalue weighted by molar-refractivity contribution is 7.14. The normalized spacial score (nSPS) is 10.4. The Morgan fingerprint density at radius 1 is 1.28 bits per heavy atom. The van der Waals surface area contributed by atoms with Gasteiger partial charge in [-0.2, -0.15) is 0 Å². The highest BCUT2D eigenvalue weighted by atomic mass is 32.1. The van der Waals surface area contributed by atoms with Gasteiger partial charge < -0.3 is 4.74 Å². The predicted molar refractivity (Wildman–Crippen MR) is 74.8 cm³/mol. The maximum atomic E-state index is 12.1. The molecule has 0 atom stereocenters. The molecular weight excluding hydrogens is 244 g/mol. The van der Waals surface area contributed by atoms with Gasteiger partial charge in [0.25, 0.3) is 0 Å². The topological polar surface area (TPSA) is 26.3 Å². The van der Waals surface area contributed by atoms with Crippen molar-refractivity contribution < 1.29 is 9.53 Å². The summed E-state index contributed by atoms with van der Waals surface area (Å²) in [7, 11) is 1.63. The highest BCUT2D eigenvalue weighted by Crippen LogP contribution is 2.23. The number of methoxy groups -OCH3 is 1. The molecule has 0 saturated heterocycles. The number of hydrogen-bond donors (Lipinski definition) is 0. The van der Waals surface area contributed by atoms with Gasteiger partial charge in [0.1, 0.15) is 5.75 Å². The smallest absolute Gasteiger partial charge is 0.177 e. The molecule has 0 saturated carbocycles. The van der Waals surface area contributed by atoms with Crippen molar-refractivity contribution in [2.24, 2.45) is 0 Å². The van der Waals surface area contributed by atoms with Gasteiger partial charge in [0.2, 0.25) is 0 Å². The second-order valence-electron chi connectivity index (χ2n) is 4.30. The van der Waals surface area contributed by atoms with Crippen molar-refractivity contribution in [3.63, 3.8) is 0 Å². The van der Waals surface area contributed by atoms with Gasteiger partial charge in [0.05, 0.1) is 12.0 Å². The van der Waals surface area contributed by atoms with E-state index in [1.807, 2.05) is 44.2 Å². The Labute approximate surface area is 111 Å². The second kappa shape index (κ2) is 5.36. The van der Waals surface area contributed by atoms with E-state index < -0.39 is 0 Å². The van der Waals surface area contributed by atoms with E-state index in [2.05, 4.69) is 0 Å². The second-order valence-corrected chi connectivity index (χ2v) is 5.56. The molecular formula is C15H16O2S. The van der Waals surface area contributed by atoms with Gasteiger partial charge in [-0.3, -0.25) is 4.79 Å². The van der Waals surface area contributed by atoms with Crippen LogP contribution in [0.2, 0.25) is 0 Å². The minimum Gasteiger partial charge on any atom is -0.497 e. The van der Waals surface area contributed by atoms with E-state index >= 15 is 0 Å². The Hall–Kier alpha value is -1.61. The van der Waals surface area contributed by atoms with E-state index in [9.17, 15) is 4.79 Å². The fourth-order valence-corrected chi connectivity index (χ4v) is 2.74. The molecule has 2 nitrogen and oxygen atoms in total. The molecule has 0 amide bonds. The third-order valence-electron chi connectivity index (χ3n) is 2.94. The lowest BCUT2D eigenvalue weighted by Crippen LogP contribution is -2.01. The van der Waals surface area contributed by atoms with Gasteiger partial charge in [0.15, 0.2) is 5.78 Å². The van der Waals surface area contributed by atoms with Crippen LogP contribution in [0.3, 0.4) is 0 Å². The lowest BCUT2D eigenvalue weighted by atomic mass is 10.1. The third-order valence-corrected chi connectivity index (χ3v) is 4.13. The zero-order chi connectivity index (χ0) is 13.1. The van der Waals surface area contributed by atoms with E-state index in [1.165, 1.54) is 10.4 Å². The first-order valence-electron chi connectivity index (χ1n) is 5.83. The quantitative estimate of drug-likeness (QED) is 0.782. The number of thiophene rings is 1. The number of hydrogen-bond acceptors (Lipinski definition) is 3. The largest absolute Gasteiger partial charge is 0.497 e. The molecule has 1 heterocycles. The van der Waals surface area contributed by atoms with Crippen molar-refractivity contribution in [2.75, 3.05) is 7.11 Å². The van der Waals surface area contributed by atoms with Crippen LogP contribution in [-0.2, 0) is 6.42 Å². The van der Waals surface area contributed by atoms with Gasteiger partial charge >= 0.3 is 0 Å². The Morgan fingerprint density at radius 3 is 2.67 bits per heavy atom. The minimum atomic E-state index is 0.171. The van der Waals surface area contributed by atoms with Gasteiger partial charge in [-0.25, -0.2) is 0 Å². The van der Waals surface area contributed by atoms with Gasteiger partial charge in [0, 0.05) is 11.3 Å². The van der Waals surface area contributed by atoms with Crippen LogP contribution in [0.15, 0.2) is 30.3 Å². The van der Waals surface area contributed by atoms with Crippen LogP contribution in [0.25, 0.3) is 0 Å². The summed E-state index contributed by atoms with van der Waals surface area (Å²) >= 11 is 1.57. The fourth-order valence-electron chi connectivity index (χ4n) is 1.77. The van der Waals surface area contributed by atoms with Crippen molar-refractivity contribution in [1.29, 1.82) is 0 Å². The van der Waals surface area contributed by atoms with Gasteiger partial charge in [-0.05, 0) is 43.2 Å². The van der Waals surface area contributed by atoms with E-state index in [-0.39, 0.29) is 5.78 Å². The number of rotatable bonds is 4. The van der Waals surface area contributed by atoms with Crippen molar-refractivity contribution in [2.45, 2.75) is 20.3 Å². The fraction of sp³-hybridized carbons (Fsp3) is 0.267. The summed E-state index contributed by atoms with van der Waals surface area (Å²) < 4.78 is 5.16. The maximum Gasteiger partial charge on any atom is 0.177 e. The first-order chi connectivity index (χ1) is 8.60. The third kappa shape index (κ3) is 2.79. The maximum absolute atomic E-state index is 12.1. The monoisotopic (exact) mass is 260 g/mol. The molecule has 18 heavy (non-hydrogen) atoms. The molecule has 0 spiro atoms. The molecule has 2 rings (SSSR count). The van der Waals surface area contributed by atoms with Crippen LogP contribution in [-0.4, -0.2) is 12.9 Å². The molecule has 2 aromatic rings. The molecule has 0 aliphatic rings. The highest BCUT2D eigenvalue weighted by Gasteiger charge is 2.11. The summed E-state index contributed by atoms with van der Waals surface area (Å²) in [6, 6.07) is 9.63. The summed E-state index contributed by atoms with van der Waals surface area (Å²) in [6.07, 6.45) is 0.427. The number of ether oxygens (including phenoxy) is 1. The zero-order valence-electron chi connectivity index (χ0n) is 10.8. The van der Waals surface area contributed by atoms with Crippen molar-refractivity contribution in [3.8, 4) is 5.75 Å². The molecule has 0 fully saturated rings. The van der Waals surface area contributed by atoms with Crippen LogP contribution in [0.1, 0.15) is 25.7 Å². The minimum absolute atomic E-state index is 0.171. The molecule has 0 N–H and O–H groups in total. The molecule has 3 heteroatoms. The standard InChI is InChI=1S/C15H16O2S/c1-10-7-15(18-11(10)2)14(16)9-12-5-4-6-13(8-12)17-3/h4-8H,9H2,1-3H3. The average molecular weight is 260 g/mol. The molecule has 1 aromatic carbocycles. The summed E-state index contributed by atoms with van der Waals surface area (Å²) in [6.45, 7) is 4.08. The SMILES string of the molecule is COc1cccc(CC(=O)c2cc(C)c(C)s2)c1. The van der Waals surface area contributed by atoms with Crippen LogP contribution in [0.4, 0.5) is 0 Å². The number of carbonyl (C=O) groups excluding carboxylic acids is 1. The van der Waals surface area contributed by atoms with Crippen molar-refractivity contribution in [3.05, 3.63) is 51.2 Å². The van der Waals surface area contributed by atoms with Crippen LogP contribution in [0, 0.1) is 13.8 Å². The van der Waals surface area contributed by atoms with Gasteiger partial charge in [-0.1, -0.05) is 12.1 Å². The Balaban J connectivity index is 2.15. The first-order valence-corrected chi connectivity index (χ1v) is 6.65. The Bertz CT molecular complexity index is 550. The summed E-state index contributed by atoms with van der Waals surface area (Å²) in [5.74, 6) is 0.961. The first kappa shape index (κ1) is 12.8. The number of carbonyl (C=O) groups is 1. The molecule has 0 unspecified atom stereocenters. The summed E-state index contributed by atoms with van der Waals surface area (Å²) in [5.41, 5.74) is 2.18. The number of aryl methyl sites for hydroxylation is 2. The summed E-state index contributed by atoms with van der Waals surface area (Å²) in [4.78, 5) is 14.2. The lowest BCUT2D eigenvalue weighted by Gasteiger charge is -2.03. The molecule has 1 aromatic heterocycles. The summed E-state index contributed by atoms with van der Waals surface area (Å²) in [5, 5.41) is 0. The number of Topliss-reactive ketones (excluding diaryl/α,β-unsaturated/α-hetero) is 1. The Morgan fingerprint density at radius 2 is 2.06 bits per heavy atom. The van der Waals surface area contributed by atoms with Gasteiger partial charge in [-0.15, -0.1) is 11.3 Å². The zero-order valence-corrected chi connectivity index (χ0v) is 11.6. The molecule has 0 bridgehead atoms. The Kier molecular flexibility index (Phi) is 3.82. The van der Waals surface area contributed by atoms with E-state index in [4.69, 9.17) is 4.74 Å². The average Bonchev–Trinajstić information content (AvgIpc) is 2.70. The van der Waals surface area contributed by atoms with E-state index in [1.54, 1.807) is 18.4 Å². The molecule has 0 aliphatic carbocycles. The molecule has 0 aliphatic heterocycles. The predicted octanol–water partition coefficient (Wildman–Crippen LogP) is 3.80. The van der Waals surface area contributed by atoms with Crippen LogP contribution in [0.5, 0.6) is 5.75 Å².